The molecule has 38 heavy (non-hydrogen) atoms. The number of benzene rings is 1. The maximum absolute atomic E-state index is 13.4. The Bertz CT molecular complexity index is 1370. The fraction of sp³-hybridized carbons (Fsp3) is 0.581. The van der Waals surface area contributed by atoms with Crippen LogP contribution in [0.1, 0.15) is 70.0 Å². The number of allylic oxidation sites excluding steroid dienone is 1. The Kier molecular flexibility index (Phi) is 6.15. The number of hydrogen-bond donors (Lipinski definition) is 3. The van der Waals surface area contributed by atoms with Gasteiger partial charge in [-0.25, -0.2) is 4.98 Å². The standard InChI is InChI=1S/C31H40N4O3/c1-5-21-20-11-10-19-14-24-18(17-32-35(24)4)15-30(19,2)28(20)26(37)16-31(21,3)29(38)25(36)12-13-27-33-22-8-6-7-9-23(22)34-27/h6-9,14,17,20-21,26,28-29,37-38H,5,10-13,15-16H2,1-4H3,(H,33,34). The Labute approximate surface area is 224 Å². The molecule has 0 spiro atoms. The molecule has 0 amide bonds. The first-order valence-electron chi connectivity index (χ1n) is 14.2. The first-order chi connectivity index (χ1) is 18.2. The lowest BCUT2D eigenvalue weighted by Crippen LogP contribution is -2.60. The number of nitrogens with one attached hydrogen (secondary N) is 1. The SMILES string of the molecule is CCC1C2CCC3=Cc4c(cnn4C)CC3(C)C2C(O)CC1(C)C(O)C(=O)CCc1nc2ccccc2[nH]1. The molecule has 3 aromatic rings. The number of hydrogen-bond acceptors (Lipinski definition) is 5. The molecule has 7 atom stereocenters. The van der Waals surface area contributed by atoms with Gasteiger partial charge in [0.1, 0.15) is 11.9 Å². The second-order valence-electron chi connectivity index (χ2n) is 12.5. The van der Waals surface area contributed by atoms with Crippen molar-refractivity contribution in [3.05, 3.63) is 53.1 Å². The monoisotopic (exact) mass is 516 g/mol. The zero-order valence-corrected chi connectivity index (χ0v) is 22.9. The molecular formula is C31H40N4O3. The van der Waals surface area contributed by atoms with Crippen molar-refractivity contribution in [3.8, 4) is 0 Å². The molecule has 2 aromatic heterocycles. The van der Waals surface area contributed by atoms with E-state index in [1.807, 2.05) is 49.1 Å². The number of aliphatic hydroxyl groups excluding tert-OH is 2. The van der Waals surface area contributed by atoms with E-state index in [2.05, 4.69) is 35.0 Å². The molecule has 6 rings (SSSR count). The molecule has 2 saturated carbocycles. The van der Waals surface area contributed by atoms with E-state index < -0.39 is 17.6 Å². The molecule has 1 aromatic carbocycles. The molecule has 3 aliphatic carbocycles. The molecular weight excluding hydrogens is 476 g/mol. The summed E-state index contributed by atoms with van der Waals surface area (Å²) in [7, 11) is 1.99. The Hall–Kier alpha value is -2.77. The summed E-state index contributed by atoms with van der Waals surface area (Å²) in [5.74, 6) is 1.13. The van der Waals surface area contributed by atoms with Gasteiger partial charge >= 0.3 is 0 Å². The summed E-state index contributed by atoms with van der Waals surface area (Å²) < 4.78 is 1.95. The van der Waals surface area contributed by atoms with Crippen LogP contribution in [0.25, 0.3) is 17.1 Å². The number of para-hydroxylation sites is 2. The highest BCUT2D eigenvalue weighted by Crippen LogP contribution is 2.63. The first-order valence-corrected chi connectivity index (χ1v) is 14.2. The van der Waals surface area contributed by atoms with Gasteiger partial charge in [-0.15, -0.1) is 0 Å². The normalized spacial score (nSPS) is 33.3. The fourth-order valence-electron chi connectivity index (χ4n) is 8.65. The lowest BCUT2D eigenvalue weighted by atomic mass is 9.44. The second kappa shape index (κ2) is 9.16. The quantitative estimate of drug-likeness (QED) is 0.443. The molecule has 2 fully saturated rings. The van der Waals surface area contributed by atoms with Crippen LogP contribution in [0.3, 0.4) is 0 Å². The lowest BCUT2D eigenvalue weighted by Gasteiger charge is -2.61. The van der Waals surface area contributed by atoms with E-state index in [9.17, 15) is 15.0 Å². The summed E-state index contributed by atoms with van der Waals surface area (Å²) in [6.07, 6.45) is 7.45. The van der Waals surface area contributed by atoms with Crippen molar-refractivity contribution in [1.82, 2.24) is 19.7 Å². The Morgan fingerprint density at radius 2 is 2.08 bits per heavy atom. The minimum absolute atomic E-state index is 0.103. The van der Waals surface area contributed by atoms with Crippen molar-refractivity contribution in [2.24, 2.45) is 35.6 Å². The maximum atomic E-state index is 13.4. The Balaban J connectivity index is 1.23. The molecule has 7 unspecified atom stereocenters. The van der Waals surface area contributed by atoms with Crippen molar-refractivity contribution in [2.75, 3.05) is 0 Å². The first kappa shape index (κ1) is 25.5. The third kappa shape index (κ3) is 3.81. The van der Waals surface area contributed by atoms with Crippen molar-refractivity contribution in [2.45, 2.75) is 77.9 Å². The lowest BCUT2D eigenvalue weighted by molar-refractivity contribution is -0.170. The smallest absolute Gasteiger partial charge is 0.162 e. The number of imidazole rings is 1. The minimum Gasteiger partial charge on any atom is -0.393 e. The number of aromatic amines is 1. The fourth-order valence-corrected chi connectivity index (χ4v) is 8.65. The minimum atomic E-state index is -1.10. The van der Waals surface area contributed by atoms with Gasteiger partial charge in [0.05, 0.1) is 29.0 Å². The topological polar surface area (TPSA) is 104 Å². The zero-order valence-electron chi connectivity index (χ0n) is 22.9. The van der Waals surface area contributed by atoms with Crippen LogP contribution in [0.15, 0.2) is 36.0 Å². The predicted molar refractivity (Wildman–Crippen MR) is 147 cm³/mol. The van der Waals surface area contributed by atoms with Crippen LogP contribution in [-0.2, 0) is 24.7 Å². The average Bonchev–Trinajstić information content (AvgIpc) is 3.47. The van der Waals surface area contributed by atoms with E-state index in [1.54, 1.807) is 0 Å². The number of nitrogens with zero attached hydrogens (tertiary/aromatic N) is 3. The van der Waals surface area contributed by atoms with Gasteiger partial charge in [0.2, 0.25) is 0 Å². The van der Waals surface area contributed by atoms with Crippen LogP contribution in [0.4, 0.5) is 0 Å². The Morgan fingerprint density at radius 1 is 1.29 bits per heavy atom. The summed E-state index contributed by atoms with van der Waals surface area (Å²) in [4.78, 5) is 21.3. The Morgan fingerprint density at radius 3 is 2.84 bits per heavy atom. The molecule has 0 aliphatic heterocycles. The summed E-state index contributed by atoms with van der Waals surface area (Å²) in [5.41, 5.74) is 4.88. The van der Waals surface area contributed by atoms with Crippen molar-refractivity contribution in [1.29, 1.82) is 0 Å². The van der Waals surface area contributed by atoms with E-state index in [0.717, 1.165) is 42.5 Å². The summed E-state index contributed by atoms with van der Waals surface area (Å²) in [5, 5.41) is 27.8. The molecule has 0 saturated heterocycles. The maximum Gasteiger partial charge on any atom is 0.162 e. The highest BCUT2D eigenvalue weighted by molar-refractivity contribution is 5.84. The van der Waals surface area contributed by atoms with Crippen LogP contribution < -0.4 is 0 Å². The van der Waals surface area contributed by atoms with E-state index in [0.29, 0.717) is 12.8 Å². The molecule has 3 N–H and O–H groups in total. The molecule has 202 valence electrons. The van der Waals surface area contributed by atoms with Crippen LogP contribution >= 0.6 is 0 Å². The number of aromatic nitrogens is 4. The molecule has 7 nitrogen and oxygen atoms in total. The van der Waals surface area contributed by atoms with Gasteiger partial charge in [-0.1, -0.05) is 44.9 Å². The number of ketones is 1. The van der Waals surface area contributed by atoms with Gasteiger partial charge in [-0.05, 0) is 72.6 Å². The van der Waals surface area contributed by atoms with Crippen LogP contribution in [0.5, 0.6) is 0 Å². The summed E-state index contributed by atoms with van der Waals surface area (Å²) in [6, 6.07) is 7.83. The number of carbonyl (C=O) groups excluding carboxylic acids is 1. The van der Waals surface area contributed by atoms with Gasteiger partial charge in [0.15, 0.2) is 5.78 Å². The highest BCUT2D eigenvalue weighted by atomic mass is 16.3. The van der Waals surface area contributed by atoms with Gasteiger partial charge in [0, 0.05) is 25.3 Å². The predicted octanol–water partition coefficient (Wildman–Crippen LogP) is 4.63. The molecule has 2 heterocycles. The summed E-state index contributed by atoms with van der Waals surface area (Å²) >= 11 is 0. The molecule has 7 heteroatoms. The largest absolute Gasteiger partial charge is 0.393 e. The average molecular weight is 517 g/mol. The van der Waals surface area contributed by atoms with Gasteiger partial charge in [0.25, 0.3) is 0 Å². The molecule has 0 bridgehead atoms. The number of Topliss-reactive ketones (excluding diaryl/α,β-unsaturated/α-hetero) is 1. The van der Waals surface area contributed by atoms with E-state index in [4.69, 9.17) is 0 Å². The number of fused-ring (bicyclic) bond motifs is 5. The van der Waals surface area contributed by atoms with E-state index in [-0.39, 0.29) is 35.4 Å². The van der Waals surface area contributed by atoms with Crippen LogP contribution in [0.2, 0.25) is 0 Å². The van der Waals surface area contributed by atoms with E-state index >= 15 is 0 Å². The highest BCUT2D eigenvalue weighted by Gasteiger charge is 2.60. The number of aliphatic hydroxyl groups is 2. The van der Waals surface area contributed by atoms with Crippen LogP contribution in [-0.4, -0.2) is 48.0 Å². The molecule has 3 aliphatic rings. The molecule has 0 radical (unpaired) electrons. The van der Waals surface area contributed by atoms with Gasteiger partial charge in [-0.2, -0.15) is 5.10 Å². The number of H-pyrrole nitrogens is 1. The van der Waals surface area contributed by atoms with Crippen molar-refractivity contribution >= 4 is 22.9 Å². The number of carbonyl (C=O) groups is 1. The zero-order chi connectivity index (χ0) is 26.8. The van der Waals surface area contributed by atoms with Gasteiger partial charge in [-0.3, -0.25) is 9.48 Å². The van der Waals surface area contributed by atoms with Gasteiger partial charge < -0.3 is 15.2 Å². The summed E-state index contributed by atoms with van der Waals surface area (Å²) in [6.45, 7) is 6.54. The number of aryl methyl sites for hydroxylation is 2. The second-order valence-corrected chi connectivity index (χ2v) is 12.5. The van der Waals surface area contributed by atoms with Crippen molar-refractivity contribution in [3.63, 3.8) is 0 Å². The van der Waals surface area contributed by atoms with Crippen LogP contribution in [0, 0.1) is 28.6 Å². The third-order valence-corrected chi connectivity index (χ3v) is 10.5. The van der Waals surface area contributed by atoms with Crippen molar-refractivity contribution < 1.29 is 15.0 Å². The van der Waals surface area contributed by atoms with E-state index in [1.165, 1.54) is 16.8 Å². The third-order valence-electron chi connectivity index (χ3n) is 10.5. The number of rotatable bonds is 6.